The van der Waals surface area contributed by atoms with Crippen LogP contribution in [0, 0.1) is 0 Å². The number of rotatable bonds is 5. The summed E-state index contributed by atoms with van der Waals surface area (Å²) in [4.78, 5) is 0. The van der Waals surface area contributed by atoms with Crippen molar-refractivity contribution in [2.75, 3.05) is 19.8 Å². The lowest BCUT2D eigenvalue weighted by atomic mass is 10.6. The van der Waals surface area contributed by atoms with Crippen LogP contribution >= 0.6 is 15.9 Å². The van der Waals surface area contributed by atoms with Crippen LogP contribution in [0.5, 0.6) is 0 Å². The van der Waals surface area contributed by atoms with E-state index in [9.17, 15) is 0 Å². The van der Waals surface area contributed by atoms with Crippen LogP contribution in [0.2, 0.25) is 0 Å². The maximum Gasteiger partial charge on any atom is 0.250 e. The molecular formula is C6H13BrO3. The lowest BCUT2D eigenvalue weighted by Gasteiger charge is -2.24. The number of hydrogen-bond donors (Lipinski definition) is 1. The highest BCUT2D eigenvalue weighted by Crippen LogP contribution is 2.20. The Bertz CT molecular complexity index is 81.1. The first-order valence-electron chi connectivity index (χ1n) is 3.26. The van der Waals surface area contributed by atoms with Gasteiger partial charge in [-0.2, -0.15) is 0 Å². The quantitative estimate of drug-likeness (QED) is 0.549. The zero-order valence-electron chi connectivity index (χ0n) is 6.26. The van der Waals surface area contributed by atoms with Gasteiger partial charge in [0.2, 0.25) is 4.70 Å². The predicted molar refractivity (Wildman–Crippen MR) is 42.0 cm³/mol. The maximum absolute atomic E-state index is 8.75. The van der Waals surface area contributed by atoms with Gasteiger partial charge in [-0.1, -0.05) is 0 Å². The van der Waals surface area contributed by atoms with Crippen molar-refractivity contribution in [1.82, 2.24) is 0 Å². The predicted octanol–water partition coefficient (Wildman–Crippen LogP) is 1.10. The molecule has 0 fully saturated rings. The Kier molecular flexibility index (Phi) is 5.25. The minimum Gasteiger partial charge on any atom is -0.390 e. The van der Waals surface area contributed by atoms with Gasteiger partial charge >= 0.3 is 0 Å². The molecule has 0 aromatic rings. The summed E-state index contributed by atoms with van der Waals surface area (Å²) < 4.78 is 9.14. The molecule has 0 aliphatic heterocycles. The summed E-state index contributed by atoms with van der Waals surface area (Å²) in [6.07, 6.45) is 0. The van der Waals surface area contributed by atoms with Gasteiger partial charge in [-0.15, -0.1) is 0 Å². The second-order valence-electron chi connectivity index (χ2n) is 1.68. The summed E-state index contributed by atoms with van der Waals surface area (Å²) in [5.74, 6) is 0. The van der Waals surface area contributed by atoms with Crippen LogP contribution in [0.1, 0.15) is 13.8 Å². The lowest BCUT2D eigenvalue weighted by molar-refractivity contribution is -0.179. The second-order valence-corrected chi connectivity index (χ2v) is 2.89. The van der Waals surface area contributed by atoms with E-state index in [2.05, 4.69) is 15.9 Å². The first-order valence-corrected chi connectivity index (χ1v) is 4.05. The fourth-order valence-electron chi connectivity index (χ4n) is 0.564. The lowest BCUT2D eigenvalue weighted by Crippen LogP contribution is -2.33. The zero-order valence-corrected chi connectivity index (χ0v) is 7.85. The molecule has 0 spiro atoms. The molecule has 3 nitrogen and oxygen atoms in total. The summed E-state index contributed by atoms with van der Waals surface area (Å²) in [7, 11) is 0. The molecule has 0 aliphatic carbocycles. The molecule has 0 saturated heterocycles. The van der Waals surface area contributed by atoms with Crippen molar-refractivity contribution >= 4 is 15.9 Å². The third kappa shape index (κ3) is 3.51. The molecule has 10 heavy (non-hydrogen) atoms. The van der Waals surface area contributed by atoms with Crippen LogP contribution in [0.3, 0.4) is 0 Å². The fourth-order valence-corrected chi connectivity index (χ4v) is 1.02. The Morgan fingerprint density at radius 2 is 1.70 bits per heavy atom. The Labute approximate surface area is 69.5 Å². The summed E-state index contributed by atoms with van der Waals surface area (Å²) in [6, 6.07) is 0. The van der Waals surface area contributed by atoms with Gasteiger partial charge in [0.1, 0.15) is 6.61 Å². The van der Waals surface area contributed by atoms with Crippen molar-refractivity contribution in [3.05, 3.63) is 0 Å². The summed E-state index contributed by atoms with van der Waals surface area (Å²) >= 11 is 3.11. The summed E-state index contributed by atoms with van der Waals surface area (Å²) in [5, 5.41) is 8.75. The number of hydrogen-bond acceptors (Lipinski definition) is 3. The van der Waals surface area contributed by atoms with Crippen molar-refractivity contribution in [2.45, 2.75) is 18.5 Å². The molecular weight excluding hydrogens is 200 g/mol. The van der Waals surface area contributed by atoms with Crippen LogP contribution < -0.4 is 0 Å². The fraction of sp³-hybridized carbons (Fsp3) is 1.00. The smallest absolute Gasteiger partial charge is 0.250 e. The maximum atomic E-state index is 8.75. The van der Waals surface area contributed by atoms with E-state index in [1.165, 1.54) is 0 Å². The Balaban J connectivity index is 3.69. The normalized spacial score (nSPS) is 12.0. The zero-order chi connectivity index (χ0) is 8.04. The van der Waals surface area contributed by atoms with Crippen LogP contribution in [0.25, 0.3) is 0 Å². The molecule has 0 aliphatic rings. The van der Waals surface area contributed by atoms with E-state index in [0.29, 0.717) is 13.2 Å². The SMILES string of the molecule is CCOC(Br)(CO)OCC. The minimum absolute atomic E-state index is 0.186. The molecule has 0 aromatic carbocycles. The van der Waals surface area contributed by atoms with Crippen molar-refractivity contribution < 1.29 is 14.6 Å². The number of ether oxygens (including phenoxy) is 2. The number of aliphatic hydroxyl groups excluding tert-OH is 1. The molecule has 0 aromatic heterocycles. The van der Waals surface area contributed by atoms with Gasteiger partial charge in [0.05, 0.1) is 0 Å². The van der Waals surface area contributed by atoms with E-state index < -0.39 is 4.70 Å². The second kappa shape index (κ2) is 5.07. The highest BCUT2D eigenvalue weighted by molar-refractivity contribution is 9.10. The van der Waals surface area contributed by atoms with Gasteiger partial charge in [0, 0.05) is 13.2 Å². The molecule has 1 N–H and O–H groups in total. The van der Waals surface area contributed by atoms with E-state index in [1.54, 1.807) is 0 Å². The van der Waals surface area contributed by atoms with Gasteiger partial charge < -0.3 is 14.6 Å². The standard InChI is InChI=1S/C6H13BrO3/c1-3-9-6(7,5-8)10-4-2/h8H,3-5H2,1-2H3. The average molecular weight is 213 g/mol. The largest absolute Gasteiger partial charge is 0.390 e. The Hall–Kier alpha value is 0.360. The van der Waals surface area contributed by atoms with Crippen LogP contribution in [-0.4, -0.2) is 29.6 Å². The molecule has 0 unspecified atom stereocenters. The Morgan fingerprint density at radius 3 is 1.90 bits per heavy atom. The van der Waals surface area contributed by atoms with Crippen LogP contribution in [-0.2, 0) is 9.47 Å². The van der Waals surface area contributed by atoms with Gasteiger partial charge in [-0.05, 0) is 29.8 Å². The van der Waals surface area contributed by atoms with E-state index in [0.717, 1.165) is 0 Å². The molecule has 4 heteroatoms. The van der Waals surface area contributed by atoms with Crippen molar-refractivity contribution in [3.8, 4) is 0 Å². The number of aliphatic hydroxyl groups is 1. The molecule has 0 atom stereocenters. The van der Waals surface area contributed by atoms with Crippen LogP contribution in [0.15, 0.2) is 0 Å². The topological polar surface area (TPSA) is 38.7 Å². The van der Waals surface area contributed by atoms with E-state index >= 15 is 0 Å². The molecule has 0 amide bonds. The van der Waals surface area contributed by atoms with Crippen LogP contribution in [0.4, 0.5) is 0 Å². The van der Waals surface area contributed by atoms with Crippen molar-refractivity contribution in [2.24, 2.45) is 0 Å². The monoisotopic (exact) mass is 212 g/mol. The number of halogens is 1. The Morgan fingerprint density at radius 1 is 1.30 bits per heavy atom. The molecule has 0 radical (unpaired) electrons. The highest BCUT2D eigenvalue weighted by Gasteiger charge is 2.25. The van der Waals surface area contributed by atoms with Gasteiger partial charge in [-0.25, -0.2) is 0 Å². The summed E-state index contributed by atoms with van der Waals surface area (Å²) in [6.45, 7) is 4.50. The van der Waals surface area contributed by atoms with Crippen molar-refractivity contribution in [3.63, 3.8) is 0 Å². The van der Waals surface area contributed by atoms with Gasteiger partial charge in [0.15, 0.2) is 0 Å². The van der Waals surface area contributed by atoms with Crippen molar-refractivity contribution in [1.29, 1.82) is 0 Å². The first-order chi connectivity index (χ1) is 4.68. The molecule has 0 bridgehead atoms. The first kappa shape index (κ1) is 10.4. The van der Waals surface area contributed by atoms with E-state index in [-0.39, 0.29) is 6.61 Å². The molecule has 0 heterocycles. The average Bonchev–Trinajstić information content (AvgIpc) is 1.89. The summed E-state index contributed by atoms with van der Waals surface area (Å²) in [5.41, 5.74) is 0. The van der Waals surface area contributed by atoms with E-state index in [4.69, 9.17) is 14.6 Å². The molecule has 0 saturated carbocycles. The van der Waals surface area contributed by atoms with Gasteiger partial charge in [-0.3, -0.25) is 0 Å². The van der Waals surface area contributed by atoms with E-state index in [1.807, 2.05) is 13.8 Å². The van der Waals surface area contributed by atoms with Gasteiger partial charge in [0.25, 0.3) is 0 Å². The highest BCUT2D eigenvalue weighted by atomic mass is 79.9. The minimum atomic E-state index is -0.990. The molecule has 0 rings (SSSR count). The third-order valence-electron chi connectivity index (χ3n) is 0.909. The number of alkyl halides is 1. The third-order valence-corrected chi connectivity index (χ3v) is 1.62. The molecule has 62 valence electrons.